The van der Waals surface area contributed by atoms with Crippen LogP contribution < -0.4 is 4.74 Å². The lowest BCUT2D eigenvalue weighted by Gasteiger charge is -2.01. The van der Waals surface area contributed by atoms with Gasteiger partial charge in [0.2, 0.25) is 0 Å². The molecule has 112 valence electrons. The van der Waals surface area contributed by atoms with Crippen LogP contribution >= 0.6 is 11.3 Å². The standard InChI is InChI=1S/C18H13N3OS/c1-22-16-6-4-5-13(10-16)18-21-15(12-23-18)9-14(11-19)17-7-2-3-8-20-17/h2-10,12H,1H3. The number of thiazole rings is 1. The highest BCUT2D eigenvalue weighted by Crippen LogP contribution is 2.28. The van der Waals surface area contributed by atoms with E-state index in [4.69, 9.17) is 4.74 Å². The molecule has 5 heteroatoms. The van der Waals surface area contributed by atoms with Gasteiger partial charge in [0.1, 0.15) is 16.8 Å². The number of hydrogen-bond acceptors (Lipinski definition) is 5. The largest absolute Gasteiger partial charge is 0.497 e. The third kappa shape index (κ3) is 3.44. The van der Waals surface area contributed by atoms with Gasteiger partial charge in [0.25, 0.3) is 0 Å². The number of aromatic nitrogens is 2. The minimum Gasteiger partial charge on any atom is -0.497 e. The van der Waals surface area contributed by atoms with Crippen molar-refractivity contribution in [1.29, 1.82) is 5.26 Å². The van der Waals surface area contributed by atoms with Gasteiger partial charge < -0.3 is 4.74 Å². The molecule has 0 aliphatic rings. The van der Waals surface area contributed by atoms with Gasteiger partial charge >= 0.3 is 0 Å². The van der Waals surface area contributed by atoms with Crippen LogP contribution in [0.15, 0.2) is 54.0 Å². The molecule has 0 atom stereocenters. The van der Waals surface area contributed by atoms with Crippen molar-refractivity contribution in [1.82, 2.24) is 9.97 Å². The molecule has 2 heterocycles. The first kappa shape index (κ1) is 14.9. The Bertz CT molecular complexity index is 879. The van der Waals surface area contributed by atoms with Gasteiger partial charge in [-0.25, -0.2) is 4.98 Å². The third-order valence-electron chi connectivity index (χ3n) is 3.19. The number of nitriles is 1. The van der Waals surface area contributed by atoms with E-state index in [1.54, 1.807) is 19.4 Å². The Morgan fingerprint density at radius 1 is 1.26 bits per heavy atom. The second kappa shape index (κ2) is 6.86. The maximum Gasteiger partial charge on any atom is 0.124 e. The molecular weight excluding hydrogens is 306 g/mol. The van der Waals surface area contributed by atoms with Crippen LogP contribution in [0.25, 0.3) is 22.2 Å². The smallest absolute Gasteiger partial charge is 0.124 e. The van der Waals surface area contributed by atoms with Crippen molar-refractivity contribution in [2.45, 2.75) is 0 Å². The highest BCUT2D eigenvalue weighted by molar-refractivity contribution is 7.13. The van der Waals surface area contributed by atoms with Crippen molar-refractivity contribution in [3.8, 4) is 22.4 Å². The van der Waals surface area contributed by atoms with Gasteiger partial charge in [-0.05, 0) is 30.3 Å². The van der Waals surface area contributed by atoms with E-state index in [2.05, 4.69) is 16.0 Å². The lowest BCUT2D eigenvalue weighted by molar-refractivity contribution is 0.415. The number of nitrogens with zero attached hydrogens (tertiary/aromatic N) is 3. The van der Waals surface area contributed by atoms with E-state index in [1.807, 2.05) is 47.8 Å². The molecule has 0 radical (unpaired) electrons. The highest BCUT2D eigenvalue weighted by atomic mass is 32.1. The molecule has 3 rings (SSSR count). The summed E-state index contributed by atoms with van der Waals surface area (Å²) in [5.74, 6) is 0.793. The summed E-state index contributed by atoms with van der Waals surface area (Å²) in [6, 6.07) is 15.4. The van der Waals surface area contributed by atoms with Gasteiger partial charge in [0, 0.05) is 17.1 Å². The number of methoxy groups -OCH3 is 1. The molecule has 4 nitrogen and oxygen atoms in total. The molecular formula is C18H13N3OS. The van der Waals surface area contributed by atoms with Crippen molar-refractivity contribution in [3.05, 3.63) is 65.4 Å². The summed E-state index contributed by atoms with van der Waals surface area (Å²) >= 11 is 1.53. The lowest BCUT2D eigenvalue weighted by Crippen LogP contribution is -1.86. The average Bonchev–Trinajstić information content (AvgIpc) is 3.09. The molecule has 0 unspecified atom stereocenters. The molecule has 3 aromatic rings. The second-order valence-electron chi connectivity index (χ2n) is 4.69. The maximum absolute atomic E-state index is 9.33. The van der Waals surface area contributed by atoms with Gasteiger partial charge in [-0.1, -0.05) is 18.2 Å². The molecule has 0 spiro atoms. The number of allylic oxidation sites excluding steroid dienone is 1. The molecule has 0 saturated carbocycles. The fourth-order valence-corrected chi connectivity index (χ4v) is 2.85. The first-order chi connectivity index (χ1) is 11.3. The molecule has 0 fully saturated rings. The van der Waals surface area contributed by atoms with Gasteiger partial charge in [0.05, 0.1) is 24.1 Å². The van der Waals surface area contributed by atoms with Crippen molar-refractivity contribution in [2.75, 3.05) is 7.11 Å². The fourth-order valence-electron chi connectivity index (χ4n) is 2.07. The minimum atomic E-state index is 0.494. The van der Waals surface area contributed by atoms with Crippen molar-refractivity contribution < 1.29 is 4.74 Å². The summed E-state index contributed by atoms with van der Waals surface area (Å²) in [5, 5.41) is 12.1. The predicted molar refractivity (Wildman–Crippen MR) is 91.8 cm³/mol. The van der Waals surface area contributed by atoms with Gasteiger partial charge in [-0.3, -0.25) is 4.98 Å². The normalized spacial score (nSPS) is 11.0. The van der Waals surface area contributed by atoms with Crippen LogP contribution in [0.3, 0.4) is 0 Å². The van der Waals surface area contributed by atoms with E-state index >= 15 is 0 Å². The summed E-state index contributed by atoms with van der Waals surface area (Å²) in [6.07, 6.45) is 3.42. The minimum absolute atomic E-state index is 0.494. The Kier molecular flexibility index (Phi) is 4.46. The second-order valence-corrected chi connectivity index (χ2v) is 5.55. The topological polar surface area (TPSA) is 58.8 Å². The number of ether oxygens (including phenoxy) is 1. The monoisotopic (exact) mass is 319 g/mol. The predicted octanol–water partition coefficient (Wildman–Crippen LogP) is 4.28. The number of rotatable bonds is 4. The van der Waals surface area contributed by atoms with Crippen molar-refractivity contribution in [2.24, 2.45) is 0 Å². The average molecular weight is 319 g/mol. The van der Waals surface area contributed by atoms with Gasteiger partial charge in [-0.15, -0.1) is 11.3 Å². The van der Waals surface area contributed by atoms with Gasteiger partial charge in [-0.2, -0.15) is 5.26 Å². The Balaban J connectivity index is 1.92. The summed E-state index contributed by atoms with van der Waals surface area (Å²) in [4.78, 5) is 8.78. The Hall–Kier alpha value is -2.97. The Morgan fingerprint density at radius 3 is 2.91 bits per heavy atom. The molecule has 0 saturated heterocycles. The van der Waals surface area contributed by atoms with Crippen LogP contribution in [0.2, 0.25) is 0 Å². The molecule has 0 aliphatic carbocycles. The van der Waals surface area contributed by atoms with E-state index in [-0.39, 0.29) is 0 Å². The summed E-state index contributed by atoms with van der Waals surface area (Å²) in [5.41, 5.74) is 2.87. The van der Waals surface area contributed by atoms with Crippen molar-refractivity contribution in [3.63, 3.8) is 0 Å². The molecule has 0 aliphatic heterocycles. The van der Waals surface area contributed by atoms with Gasteiger partial charge in [0.15, 0.2) is 0 Å². The van der Waals surface area contributed by atoms with E-state index in [0.29, 0.717) is 11.3 Å². The van der Waals surface area contributed by atoms with Crippen molar-refractivity contribution >= 4 is 23.0 Å². The molecule has 1 aromatic carbocycles. The zero-order chi connectivity index (χ0) is 16.1. The number of pyridine rings is 1. The van der Waals surface area contributed by atoms with E-state index < -0.39 is 0 Å². The zero-order valence-corrected chi connectivity index (χ0v) is 13.2. The SMILES string of the molecule is COc1cccc(-c2nc(C=C(C#N)c3ccccn3)cs2)c1. The zero-order valence-electron chi connectivity index (χ0n) is 12.4. The summed E-state index contributed by atoms with van der Waals surface area (Å²) in [7, 11) is 1.64. The Labute approximate surface area is 138 Å². The quantitative estimate of drug-likeness (QED) is 0.674. The van der Waals surface area contributed by atoms with Crippen LogP contribution in [-0.4, -0.2) is 17.1 Å². The highest BCUT2D eigenvalue weighted by Gasteiger charge is 2.07. The number of hydrogen-bond donors (Lipinski definition) is 0. The fraction of sp³-hybridized carbons (Fsp3) is 0.0556. The van der Waals surface area contributed by atoms with Crippen LogP contribution in [0.1, 0.15) is 11.4 Å². The molecule has 2 aromatic heterocycles. The molecule has 0 bridgehead atoms. The Morgan fingerprint density at radius 2 is 2.17 bits per heavy atom. The number of benzene rings is 1. The van der Waals surface area contributed by atoms with Crippen LogP contribution in [0.4, 0.5) is 0 Å². The molecule has 0 amide bonds. The van der Waals surface area contributed by atoms with Crippen LogP contribution in [-0.2, 0) is 0 Å². The maximum atomic E-state index is 9.33. The van der Waals surface area contributed by atoms with Crippen LogP contribution in [0.5, 0.6) is 5.75 Å². The van der Waals surface area contributed by atoms with Crippen LogP contribution in [0, 0.1) is 11.3 Å². The lowest BCUT2D eigenvalue weighted by atomic mass is 10.1. The first-order valence-corrected chi connectivity index (χ1v) is 7.81. The summed E-state index contributed by atoms with van der Waals surface area (Å²) in [6.45, 7) is 0. The van der Waals surface area contributed by atoms with E-state index in [0.717, 1.165) is 22.0 Å². The summed E-state index contributed by atoms with van der Waals surface area (Å²) < 4.78 is 5.24. The van der Waals surface area contributed by atoms with E-state index in [9.17, 15) is 5.26 Å². The molecule has 23 heavy (non-hydrogen) atoms. The van der Waals surface area contributed by atoms with E-state index in [1.165, 1.54) is 11.3 Å². The first-order valence-electron chi connectivity index (χ1n) is 6.93. The molecule has 0 N–H and O–H groups in total. The third-order valence-corrected chi connectivity index (χ3v) is 4.10.